The van der Waals surface area contributed by atoms with Crippen LogP contribution in [0.4, 0.5) is 5.95 Å². The second-order valence-corrected chi connectivity index (χ2v) is 6.42. The molecule has 2 aliphatic rings. The SMILES string of the molecule is c1cnc(-c2ccnc(NC3CCCC34CCOCC4)n2)cn1. The Hall–Kier alpha value is -2.08. The van der Waals surface area contributed by atoms with Gasteiger partial charge in [0.05, 0.1) is 11.9 Å². The Morgan fingerprint density at radius 1 is 1.04 bits per heavy atom. The van der Waals surface area contributed by atoms with Crippen molar-refractivity contribution in [3.05, 3.63) is 30.9 Å². The Morgan fingerprint density at radius 2 is 1.96 bits per heavy atom. The van der Waals surface area contributed by atoms with Gasteiger partial charge >= 0.3 is 0 Å². The standard InChI is InChI=1S/C17H21N5O/c1-2-15(17(4-1)5-10-23-11-6-17)22-16-20-7-3-13(21-16)14-12-18-8-9-19-14/h3,7-9,12,15H,1-2,4-6,10-11H2,(H,20,21,22). The van der Waals surface area contributed by atoms with Crippen LogP contribution in [0, 0.1) is 5.41 Å². The molecule has 2 aromatic heterocycles. The molecule has 1 spiro atoms. The molecule has 2 fully saturated rings. The maximum atomic E-state index is 5.56. The summed E-state index contributed by atoms with van der Waals surface area (Å²) in [4.78, 5) is 17.4. The van der Waals surface area contributed by atoms with Gasteiger partial charge in [-0.3, -0.25) is 9.97 Å². The van der Waals surface area contributed by atoms with E-state index in [1.165, 1.54) is 19.3 Å². The lowest BCUT2D eigenvalue weighted by molar-refractivity contribution is 0.0133. The summed E-state index contributed by atoms with van der Waals surface area (Å²) in [5, 5.41) is 3.59. The Bertz CT molecular complexity index is 657. The zero-order chi connectivity index (χ0) is 15.5. The molecule has 1 aliphatic carbocycles. The van der Waals surface area contributed by atoms with Crippen LogP contribution < -0.4 is 5.32 Å². The van der Waals surface area contributed by atoms with E-state index in [1.807, 2.05) is 6.07 Å². The van der Waals surface area contributed by atoms with Crippen LogP contribution >= 0.6 is 0 Å². The molecule has 23 heavy (non-hydrogen) atoms. The van der Waals surface area contributed by atoms with Crippen LogP contribution in [-0.4, -0.2) is 39.2 Å². The quantitative estimate of drug-likeness (QED) is 0.939. The topological polar surface area (TPSA) is 72.8 Å². The third-order valence-corrected chi connectivity index (χ3v) is 5.18. The Kier molecular flexibility index (Phi) is 3.91. The lowest BCUT2D eigenvalue weighted by Crippen LogP contribution is -2.41. The van der Waals surface area contributed by atoms with Gasteiger partial charge in [0.25, 0.3) is 0 Å². The van der Waals surface area contributed by atoms with Crippen LogP contribution in [-0.2, 0) is 4.74 Å². The molecule has 2 aromatic rings. The van der Waals surface area contributed by atoms with E-state index in [0.29, 0.717) is 17.4 Å². The fourth-order valence-corrected chi connectivity index (χ4v) is 3.90. The summed E-state index contributed by atoms with van der Waals surface area (Å²) in [6.07, 6.45) is 12.8. The van der Waals surface area contributed by atoms with Gasteiger partial charge in [-0.25, -0.2) is 9.97 Å². The molecule has 1 saturated heterocycles. The third-order valence-electron chi connectivity index (χ3n) is 5.18. The molecule has 1 atom stereocenters. The molecule has 0 amide bonds. The molecule has 1 N–H and O–H groups in total. The summed E-state index contributed by atoms with van der Waals surface area (Å²) >= 11 is 0. The minimum atomic E-state index is 0.351. The zero-order valence-corrected chi connectivity index (χ0v) is 13.1. The van der Waals surface area contributed by atoms with Crippen molar-refractivity contribution in [3.63, 3.8) is 0 Å². The maximum Gasteiger partial charge on any atom is 0.223 e. The van der Waals surface area contributed by atoms with Crippen molar-refractivity contribution in [1.82, 2.24) is 19.9 Å². The highest BCUT2D eigenvalue weighted by Gasteiger charge is 2.44. The van der Waals surface area contributed by atoms with E-state index in [9.17, 15) is 0 Å². The predicted octanol–water partition coefficient (Wildman–Crippen LogP) is 2.69. The lowest BCUT2D eigenvalue weighted by Gasteiger charge is -2.39. The molecule has 1 aliphatic heterocycles. The normalized spacial score (nSPS) is 23.0. The van der Waals surface area contributed by atoms with Crippen molar-refractivity contribution >= 4 is 5.95 Å². The van der Waals surface area contributed by atoms with Crippen LogP contribution in [0.3, 0.4) is 0 Å². The van der Waals surface area contributed by atoms with Gasteiger partial charge in [-0.2, -0.15) is 0 Å². The fourth-order valence-electron chi connectivity index (χ4n) is 3.90. The summed E-state index contributed by atoms with van der Waals surface area (Å²) in [7, 11) is 0. The first kappa shape index (κ1) is 14.5. The van der Waals surface area contributed by atoms with Crippen LogP contribution in [0.25, 0.3) is 11.4 Å². The van der Waals surface area contributed by atoms with Gasteiger partial charge in [0.2, 0.25) is 5.95 Å². The van der Waals surface area contributed by atoms with Crippen molar-refractivity contribution in [2.24, 2.45) is 5.41 Å². The van der Waals surface area contributed by atoms with Crippen molar-refractivity contribution < 1.29 is 4.74 Å². The second kappa shape index (κ2) is 6.20. The Labute approximate surface area is 135 Å². The number of hydrogen-bond acceptors (Lipinski definition) is 6. The number of ether oxygens (including phenoxy) is 1. The first-order chi connectivity index (χ1) is 11.4. The molecule has 0 bridgehead atoms. The van der Waals surface area contributed by atoms with E-state index in [0.717, 1.165) is 37.4 Å². The molecule has 4 rings (SSSR count). The molecule has 120 valence electrons. The highest BCUT2D eigenvalue weighted by Crippen LogP contribution is 2.46. The number of rotatable bonds is 3. The van der Waals surface area contributed by atoms with Gasteiger partial charge in [-0.15, -0.1) is 0 Å². The van der Waals surface area contributed by atoms with Crippen LogP contribution in [0.2, 0.25) is 0 Å². The minimum Gasteiger partial charge on any atom is -0.381 e. The first-order valence-corrected chi connectivity index (χ1v) is 8.29. The summed E-state index contributed by atoms with van der Waals surface area (Å²) in [5.41, 5.74) is 1.92. The van der Waals surface area contributed by atoms with Gasteiger partial charge in [0.1, 0.15) is 5.69 Å². The zero-order valence-electron chi connectivity index (χ0n) is 13.1. The number of anilines is 1. The van der Waals surface area contributed by atoms with Crippen LogP contribution in [0.5, 0.6) is 0 Å². The summed E-state index contributed by atoms with van der Waals surface area (Å²) in [5.74, 6) is 0.686. The summed E-state index contributed by atoms with van der Waals surface area (Å²) in [6, 6.07) is 2.30. The Balaban J connectivity index is 1.55. The summed E-state index contributed by atoms with van der Waals surface area (Å²) < 4.78 is 5.56. The minimum absolute atomic E-state index is 0.351. The van der Waals surface area contributed by atoms with Gasteiger partial charge < -0.3 is 10.1 Å². The van der Waals surface area contributed by atoms with Gasteiger partial charge in [-0.1, -0.05) is 6.42 Å². The first-order valence-electron chi connectivity index (χ1n) is 8.29. The second-order valence-electron chi connectivity index (χ2n) is 6.42. The van der Waals surface area contributed by atoms with Crippen LogP contribution in [0.1, 0.15) is 32.1 Å². The predicted molar refractivity (Wildman–Crippen MR) is 86.8 cm³/mol. The van der Waals surface area contributed by atoms with Crippen LogP contribution in [0.15, 0.2) is 30.9 Å². The van der Waals surface area contributed by atoms with Gasteiger partial charge in [0, 0.05) is 37.8 Å². The number of hydrogen-bond donors (Lipinski definition) is 1. The van der Waals surface area contributed by atoms with Gasteiger partial charge in [-0.05, 0) is 37.2 Å². The lowest BCUT2D eigenvalue weighted by atomic mass is 9.75. The smallest absolute Gasteiger partial charge is 0.223 e. The molecule has 0 aromatic carbocycles. The molecule has 6 nitrogen and oxygen atoms in total. The fraction of sp³-hybridized carbons (Fsp3) is 0.529. The average molecular weight is 311 g/mol. The van der Waals surface area contributed by atoms with Crippen molar-refractivity contribution in [2.75, 3.05) is 18.5 Å². The van der Waals surface area contributed by atoms with E-state index in [2.05, 4.69) is 25.3 Å². The molecular formula is C17H21N5O. The highest BCUT2D eigenvalue weighted by molar-refractivity contribution is 5.53. The Morgan fingerprint density at radius 3 is 2.78 bits per heavy atom. The molecule has 6 heteroatoms. The maximum absolute atomic E-state index is 5.56. The molecule has 3 heterocycles. The number of aromatic nitrogens is 4. The molecular weight excluding hydrogens is 290 g/mol. The molecule has 1 unspecified atom stereocenters. The largest absolute Gasteiger partial charge is 0.381 e. The average Bonchev–Trinajstić information content (AvgIpc) is 2.98. The van der Waals surface area contributed by atoms with Crippen molar-refractivity contribution in [3.8, 4) is 11.4 Å². The highest BCUT2D eigenvalue weighted by atomic mass is 16.5. The number of nitrogens with one attached hydrogen (secondary N) is 1. The third kappa shape index (κ3) is 2.91. The number of nitrogens with zero attached hydrogens (tertiary/aromatic N) is 4. The van der Waals surface area contributed by atoms with E-state index in [1.54, 1.807) is 24.8 Å². The van der Waals surface area contributed by atoms with Gasteiger partial charge in [0.15, 0.2) is 0 Å². The summed E-state index contributed by atoms with van der Waals surface area (Å²) in [6.45, 7) is 1.75. The van der Waals surface area contributed by atoms with E-state index in [-0.39, 0.29) is 0 Å². The van der Waals surface area contributed by atoms with E-state index in [4.69, 9.17) is 4.74 Å². The van der Waals surface area contributed by atoms with E-state index < -0.39 is 0 Å². The molecule has 0 radical (unpaired) electrons. The molecule has 1 saturated carbocycles. The van der Waals surface area contributed by atoms with Crippen molar-refractivity contribution in [2.45, 2.75) is 38.1 Å². The van der Waals surface area contributed by atoms with Crippen molar-refractivity contribution in [1.29, 1.82) is 0 Å². The van der Waals surface area contributed by atoms with E-state index >= 15 is 0 Å². The monoisotopic (exact) mass is 311 g/mol.